The van der Waals surface area contributed by atoms with Crippen LogP contribution in [0.4, 0.5) is 5.69 Å². The molecule has 0 saturated carbocycles. The Kier molecular flexibility index (Phi) is 3.43. The molecule has 1 heterocycles. The fourth-order valence-corrected chi connectivity index (χ4v) is 2.81. The van der Waals surface area contributed by atoms with Crippen LogP contribution in [-0.2, 0) is 0 Å². The second kappa shape index (κ2) is 4.69. The molecule has 0 amide bonds. The van der Waals surface area contributed by atoms with E-state index in [9.17, 15) is 0 Å². The van der Waals surface area contributed by atoms with Crippen molar-refractivity contribution >= 4 is 5.69 Å². The molecule has 1 aliphatic heterocycles. The van der Waals surface area contributed by atoms with Gasteiger partial charge >= 0.3 is 0 Å². The lowest BCUT2D eigenvalue weighted by atomic mass is 10.00. The molecule has 1 saturated heterocycles. The quantitative estimate of drug-likeness (QED) is 0.862. The van der Waals surface area contributed by atoms with Gasteiger partial charge in [-0.2, -0.15) is 0 Å². The molecule has 1 aliphatic rings. The van der Waals surface area contributed by atoms with Crippen LogP contribution in [0.3, 0.4) is 0 Å². The van der Waals surface area contributed by atoms with Gasteiger partial charge in [0.2, 0.25) is 0 Å². The summed E-state index contributed by atoms with van der Waals surface area (Å²) in [6.07, 6.45) is 1.22. The van der Waals surface area contributed by atoms with E-state index in [0.717, 1.165) is 13.1 Å². The fraction of sp³-hybridized carbons (Fsp3) is 0.600. The lowest BCUT2D eigenvalue weighted by molar-refractivity contribution is 0.452. The van der Waals surface area contributed by atoms with Gasteiger partial charge < -0.3 is 10.2 Å². The number of aryl methyl sites for hydroxylation is 1. The highest BCUT2D eigenvalue weighted by atomic mass is 15.2. The van der Waals surface area contributed by atoms with E-state index in [1.54, 1.807) is 0 Å². The van der Waals surface area contributed by atoms with Gasteiger partial charge in [-0.15, -0.1) is 0 Å². The van der Waals surface area contributed by atoms with E-state index >= 15 is 0 Å². The third-order valence-corrected chi connectivity index (χ3v) is 3.68. The van der Waals surface area contributed by atoms with E-state index in [4.69, 9.17) is 0 Å². The van der Waals surface area contributed by atoms with Crippen LogP contribution in [0, 0.1) is 6.92 Å². The standard InChI is InChI=1S/C15H24N2/c1-5-17(13-8-6-7-12(2)9-13)14-10-15(3,4)16-11-14/h6-9,14,16H,5,10-11H2,1-4H3. The average Bonchev–Trinajstić information content (AvgIpc) is 2.60. The molecule has 2 rings (SSSR count). The number of anilines is 1. The molecule has 1 N–H and O–H groups in total. The minimum Gasteiger partial charge on any atom is -0.367 e. The number of likely N-dealkylation sites (N-methyl/N-ethyl adjacent to an activating group) is 1. The Morgan fingerprint density at radius 2 is 2.18 bits per heavy atom. The SMILES string of the molecule is CCN(c1cccc(C)c1)C1CNC(C)(C)C1. The maximum absolute atomic E-state index is 3.60. The first kappa shape index (κ1) is 12.4. The van der Waals surface area contributed by atoms with Crippen molar-refractivity contribution in [2.75, 3.05) is 18.0 Å². The van der Waals surface area contributed by atoms with E-state index in [1.165, 1.54) is 17.7 Å². The highest BCUT2D eigenvalue weighted by Gasteiger charge is 2.33. The number of hydrogen-bond acceptors (Lipinski definition) is 2. The summed E-state index contributed by atoms with van der Waals surface area (Å²) in [5.41, 5.74) is 2.98. The van der Waals surface area contributed by atoms with E-state index in [-0.39, 0.29) is 5.54 Å². The van der Waals surface area contributed by atoms with E-state index in [1.807, 2.05) is 0 Å². The van der Waals surface area contributed by atoms with Gasteiger partial charge in [-0.05, 0) is 51.8 Å². The zero-order chi connectivity index (χ0) is 12.5. The van der Waals surface area contributed by atoms with Crippen LogP contribution in [0.25, 0.3) is 0 Å². The molecule has 1 atom stereocenters. The summed E-state index contributed by atoms with van der Waals surface area (Å²) in [7, 11) is 0. The van der Waals surface area contributed by atoms with E-state index in [2.05, 4.69) is 62.2 Å². The number of hydrogen-bond donors (Lipinski definition) is 1. The summed E-state index contributed by atoms with van der Waals surface area (Å²) >= 11 is 0. The zero-order valence-electron chi connectivity index (χ0n) is 11.5. The van der Waals surface area contributed by atoms with Crippen LogP contribution in [0.5, 0.6) is 0 Å². The maximum Gasteiger partial charge on any atom is 0.0431 e. The summed E-state index contributed by atoms with van der Waals surface area (Å²) in [6.45, 7) is 11.1. The molecule has 2 nitrogen and oxygen atoms in total. The first-order chi connectivity index (χ1) is 8.02. The molecule has 1 aromatic carbocycles. The first-order valence-electron chi connectivity index (χ1n) is 6.60. The minimum absolute atomic E-state index is 0.280. The van der Waals surface area contributed by atoms with Gasteiger partial charge in [0.25, 0.3) is 0 Å². The van der Waals surface area contributed by atoms with Crippen molar-refractivity contribution in [2.45, 2.75) is 45.7 Å². The van der Waals surface area contributed by atoms with E-state index in [0.29, 0.717) is 6.04 Å². The van der Waals surface area contributed by atoms with Gasteiger partial charge in [0.15, 0.2) is 0 Å². The Morgan fingerprint density at radius 1 is 1.41 bits per heavy atom. The van der Waals surface area contributed by atoms with E-state index < -0.39 is 0 Å². The molecule has 17 heavy (non-hydrogen) atoms. The lowest BCUT2D eigenvalue weighted by Gasteiger charge is -2.30. The number of rotatable bonds is 3. The van der Waals surface area contributed by atoms with Crippen LogP contribution < -0.4 is 10.2 Å². The summed E-state index contributed by atoms with van der Waals surface area (Å²) in [5, 5.41) is 3.60. The van der Waals surface area contributed by atoms with Crippen molar-refractivity contribution in [3.8, 4) is 0 Å². The van der Waals surface area contributed by atoms with Crippen molar-refractivity contribution < 1.29 is 0 Å². The Bertz CT molecular complexity index is 384. The topological polar surface area (TPSA) is 15.3 Å². The molecule has 94 valence electrons. The third-order valence-electron chi connectivity index (χ3n) is 3.68. The Labute approximate surface area is 105 Å². The van der Waals surface area contributed by atoms with Crippen molar-refractivity contribution in [2.24, 2.45) is 0 Å². The maximum atomic E-state index is 3.60. The number of nitrogens with zero attached hydrogens (tertiary/aromatic N) is 1. The summed E-state index contributed by atoms with van der Waals surface area (Å²) in [5.74, 6) is 0. The summed E-state index contributed by atoms with van der Waals surface area (Å²) in [6, 6.07) is 9.45. The van der Waals surface area contributed by atoms with Crippen molar-refractivity contribution in [3.63, 3.8) is 0 Å². The van der Waals surface area contributed by atoms with Crippen LogP contribution in [0.1, 0.15) is 32.8 Å². The Morgan fingerprint density at radius 3 is 2.71 bits per heavy atom. The number of nitrogens with one attached hydrogen (secondary N) is 1. The van der Waals surface area contributed by atoms with Crippen molar-refractivity contribution in [1.29, 1.82) is 0 Å². The molecule has 0 aliphatic carbocycles. The van der Waals surface area contributed by atoms with Gasteiger partial charge in [-0.1, -0.05) is 12.1 Å². The third kappa shape index (κ3) is 2.81. The molecule has 2 heteroatoms. The smallest absolute Gasteiger partial charge is 0.0431 e. The molecule has 0 bridgehead atoms. The van der Waals surface area contributed by atoms with Gasteiger partial charge in [0, 0.05) is 30.4 Å². The van der Waals surface area contributed by atoms with Gasteiger partial charge in [0.1, 0.15) is 0 Å². The predicted molar refractivity (Wildman–Crippen MR) is 74.7 cm³/mol. The largest absolute Gasteiger partial charge is 0.367 e. The average molecular weight is 232 g/mol. The van der Waals surface area contributed by atoms with Gasteiger partial charge in [-0.3, -0.25) is 0 Å². The fourth-order valence-electron chi connectivity index (χ4n) is 2.81. The Hall–Kier alpha value is -1.02. The molecular formula is C15H24N2. The number of benzene rings is 1. The van der Waals surface area contributed by atoms with Crippen LogP contribution in [-0.4, -0.2) is 24.7 Å². The molecule has 0 spiro atoms. The first-order valence-corrected chi connectivity index (χ1v) is 6.60. The minimum atomic E-state index is 0.280. The zero-order valence-corrected chi connectivity index (χ0v) is 11.5. The highest BCUT2D eigenvalue weighted by Crippen LogP contribution is 2.26. The monoisotopic (exact) mass is 232 g/mol. The molecule has 1 fully saturated rings. The molecular weight excluding hydrogens is 208 g/mol. The Balaban J connectivity index is 2.17. The van der Waals surface area contributed by atoms with Crippen LogP contribution in [0.15, 0.2) is 24.3 Å². The van der Waals surface area contributed by atoms with Crippen LogP contribution >= 0.6 is 0 Å². The predicted octanol–water partition coefficient (Wildman–Crippen LogP) is 2.96. The summed E-state index contributed by atoms with van der Waals surface area (Å²) in [4.78, 5) is 2.52. The van der Waals surface area contributed by atoms with Gasteiger partial charge in [0.05, 0.1) is 0 Å². The second-order valence-electron chi connectivity index (χ2n) is 5.75. The van der Waals surface area contributed by atoms with Crippen molar-refractivity contribution in [3.05, 3.63) is 29.8 Å². The molecule has 1 aromatic rings. The van der Waals surface area contributed by atoms with Gasteiger partial charge in [-0.25, -0.2) is 0 Å². The molecule has 0 radical (unpaired) electrons. The summed E-state index contributed by atoms with van der Waals surface area (Å²) < 4.78 is 0. The lowest BCUT2D eigenvalue weighted by Crippen LogP contribution is -2.36. The highest BCUT2D eigenvalue weighted by molar-refractivity contribution is 5.49. The normalized spacial score (nSPS) is 22.7. The molecule has 0 aromatic heterocycles. The molecule has 1 unspecified atom stereocenters. The van der Waals surface area contributed by atoms with Crippen molar-refractivity contribution in [1.82, 2.24) is 5.32 Å². The second-order valence-corrected chi connectivity index (χ2v) is 5.75. The van der Waals surface area contributed by atoms with Crippen LogP contribution in [0.2, 0.25) is 0 Å².